The highest BCUT2D eigenvalue weighted by Crippen LogP contribution is 2.27. The van der Waals surface area contributed by atoms with Crippen molar-refractivity contribution in [3.63, 3.8) is 0 Å². The molecule has 116 valence electrons. The zero-order chi connectivity index (χ0) is 15.4. The van der Waals surface area contributed by atoms with Gasteiger partial charge in [0.15, 0.2) is 0 Å². The van der Waals surface area contributed by atoms with Crippen molar-refractivity contribution >= 4 is 6.03 Å². The van der Waals surface area contributed by atoms with Crippen molar-refractivity contribution in [2.45, 2.75) is 25.7 Å². The van der Waals surface area contributed by atoms with Crippen LogP contribution in [0.2, 0.25) is 0 Å². The third kappa shape index (κ3) is 3.10. The Bertz CT molecular complexity index is 626. The van der Waals surface area contributed by atoms with Gasteiger partial charge in [0.05, 0.1) is 5.92 Å². The molecule has 0 aliphatic carbocycles. The lowest BCUT2D eigenvalue weighted by Gasteiger charge is -2.30. The van der Waals surface area contributed by atoms with Crippen molar-refractivity contribution in [1.29, 1.82) is 0 Å². The van der Waals surface area contributed by atoms with Crippen LogP contribution in [0.25, 0.3) is 11.4 Å². The monoisotopic (exact) mass is 300 g/mol. The van der Waals surface area contributed by atoms with E-state index in [0.717, 1.165) is 24.9 Å². The fourth-order valence-corrected chi connectivity index (χ4v) is 2.73. The number of piperidine rings is 1. The average Bonchev–Trinajstić information content (AvgIpc) is 3.06. The van der Waals surface area contributed by atoms with Gasteiger partial charge in [-0.2, -0.15) is 4.98 Å². The Labute approximate surface area is 129 Å². The number of carbonyl (C=O) groups excluding carboxylic acids is 1. The highest BCUT2D eigenvalue weighted by molar-refractivity contribution is 5.74. The Morgan fingerprint density at radius 1 is 1.41 bits per heavy atom. The molecule has 1 aromatic carbocycles. The molecule has 2 aromatic rings. The number of aromatic nitrogens is 2. The predicted molar refractivity (Wildman–Crippen MR) is 82.4 cm³/mol. The molecule has 1 saturated heterocycles. The number of nitrogens with zero attached hydrogens (tertiary/aromatic N) is 3. The van der Waals surface area contributed by atoms with E-state index >= 15 is 0 Å². The first kappa shape index (κ1) is 14.6. The normalized spacial score (nSPS) is 18.2. The van der Waals surface area contributed by atoms with Gasteiger partial charge in [-0.1, -0.05) is 35.5 Å². The highest BCUT2D eigenvalue weighted by atomic mass is 16.5. The Kier molecular flexibility index (Phi) is 4.37. The number of rotatable bonds is 3. The van der Waals surface area contributed by atoms with E-state index in [9.17, 15) is 4.79 Å². The number of hydrogen-bond acceptors (Lipinski definition) is 4. The fraction of sp³-hybridized carbons (Fsp3) is 0.438. The van der Waals surface area contributed by atoms with E-state index in [2.05, 4.69) is 15.5 Å². The summed E-state index contributed by atoms with van der Waals surface area (Å²) in [7, 11) is 0. The van der Waals surface area contributed by atoms with Crippen LogP contribution in [0, 0.1) is 0 Å². The van der Waals surface area contributed by atoms with E-state index in [1.165, 1.54) is 0 Å². The van der Waals surface area contributed by atoms with Gasteiger partial charge in [-0.3, -0.25) is 0 Å². The number of carbonyl (C=O) groups is 1. The molecule has 0 spiro atoms. The molecule has 0 bridgehead atoms. The third-order valence-electron chi connectivity index (χ3n) is 3.86. The lowest BCUT2D eigenvalue weighted by atomic mass is 9.98. The van der Waals surface area contributed by atoms with E-state index in [1.54, 1.807) is 0 Å². The summed E-state index contributed by atoms with van der Waals surface area (Å²) in [5.41, 5.74) is 0.939. The summed E-state index contributed by atoms with van der Waals surface area (Å²) >= 11 is 0. The predicted octanol–water partition coefficient (Wildman–Crippen LogP) is 2.65. The molecule has 0 radical (unpaired) electrons. The number of nitrogens with one attached hydrogen (secondary N) is 1. The van der Waals surface area contributed by atoms with E-state index in [-0.39, 0.29) is 11.9 Å². The molecule has 1 atom stereocenters. The van der Waals surface area contributed by atoms with Gasteiger partial charge in [0, 0.05) is 25.2 Å². The second-order valence-corrected chi connectivity index (χ2v) is 5.44. The van der Waals surface area contributed by atoms with E-state index in [0.29, 0.717) is 24.8 Å². The summed E-state index contributed by atoms with van der Waals surface area (Å²) in [6.07, 6.45) is 1.91. The number of amides is 2. The Morgan fingerprint density at radius 2 is 2.23 bits per heavy atom. The van der Waals surface area contributed by atoms with Crippen molar-refractivity contribution in [2.24, 2.45) is 0 Å². The minimum Gasteiger partial charge on any atom is -0.339 e. The standard InChI is InChI=1S/C16H20N4O2/c1-2-17-16(21)20-10-6-9-13(11-20)15-18-14(19-22-15)12-7-4-3-5-8-12/h3-5,7-8,13H,2,6,9-11H2,1H3,(H,17,21). The van der Waals surface area contributed by atoms with E-state index in [4.69, 9.17) is 4.52 Å². The summed E-state index contributed by atoms with van der Waals surface area (Å²) in [4.78, 5) is 18.3. The fourth-order valence-electron chi connectivity index (χ4n) is 2.73. The van der Waals surface area contributed by atoms with Crippen LogP contribution in [-0.4, -0.2) is 40.7 Å². The zero-order valence-corrected chi connectivity index (χ0v) is 12.7. The van der Waals surface area contributed by atoms with E-state index in [1.807, 2.05) is 42.2 Å². The summed E-state index contributed by atoms with van der Waals surface area (Å²) in [5.74, 6) is 1.33. The summed E-state index contributed by atoms with van der Waals surface area (Å²) in [6, 6.07) is 9.74. The quantitative estimate of drug-likeness (QED) is 0.946. The van der Waals surface area contributed by atoms with Crippen LogP contribution >= 0.6 is 0 Å². The molecule has 1 aliphatic heterocycles. The molecule has 22 heavy (non-hydrogen) atoms. The molecule has 0 saturated carbocycles. The number of hydrogen-bond donors (Lipinski definition) is 1. The molecule has 6 heteroatoms. The molecule has 1 aromatic heterocycles. The third-order valence-corrected chi connectivity index (χ3v) is 3.86. The zero-order valence-electron chi connectivity index (χ0n) is 12.7. The van der Waals surface area contributed by atoms with Gasteiger partial charge in [0.25, 0.3) is 0 Å². The van der Waals surface area contributed by atoms with Crippen LogP contribution in [0.15, 0.2) is 34.9 Å². The lowest BCUT2D eigenvalue weighted by Crippen LogP contribution is -2.44. The molecule has 1 N–H and O–H groups in total. The first-order valence-electron chi connectivity index (χ1n) is 7.69. The summed E-state index contributed by atoms with van der Waals surface area (Å²) < 4.78 is 5.43. The molecule has 2 amide bonds. The molecule has 1 unspecified atom stereocenters. The highest BCUT2D eigenvalue weighted by Gasteiger charge is 2.28. The van der Waals surface area contributed by atoms with Gasteiger partial charge in [0.1, 0.15) is 0 Å². The van der Waals surface area contributed by atoms with Crippen molar-refractivity contribution < 1.29 is 9.32 Å². The SMILES string of the molecule is CCNC(=O)N1CCCC(c2nc(-c3ccccc3)no2)C1. The first-order chi connectivity index (χ1) is 10.8. The maximum absolute atomic E-state index is 11.9. The van der Waals surface area contributed by atoms with Crippen molar-refractivity contribution in [3.05, 3.63) is 36.2 Å². The smallest absolute Gasteiger partial charge is 0.317 e. The lowest BCUT2D eigenvalue weighted by molar-refractivity contribution is 0.172. The van der Waals surface area contributed by atoms with Crippen LogP contribution in [0.4, 0.5) is 4.79 Å². The number of benzene rings is 1. The minimum atomic E-state index is -0.0185. The molecule has 1 fully saturated rings. The van der Waals surface area contributed by atoms with Crippen molar-refractivity contribution in [2.75, 3.05) is 19.6 Å². The largest absolute Gasteiger partial charge is 0.339 e. The Morgan fingerprint density at radius 3 is 3.00 bits per heavy atom. The second-order valence-electron chi connectivity index (χ2n) is 5.44. The van der Waals surface area contributed by atoms with Gasteiger partial charge in [-0.25, -0.2) is 4.79 Å². The van der Waals surface area contributed by atoms with Crippen molar-refractivity contribution in [3.8, 4) is 11.4 Å². The molecule has 2 heterocycles. The molecule has 6 nitrogen and oxygen atoms in total. The van der Waals surface area contributed by atoms with Gasteiger partial charge in [-0.15, -0.1) is 0 Å². The average molecular weight is 300 g/mol. The Balaban J connectivity index is 1.72. The second kappa shape index (κ2) is 6.60. The van der Waals surface area contributed by atoms with Crippen LogP contribution in [-0.2, 0) is 0 Å². The van der Waals surface area contributed by atoms with Crippen LogP contribution in [0.5, 0.6) is 0 Å². The van der Waals surface area contributed by atoms with Crippen LogP contribution < -0.4 is 5.32 Å². The molecule has 1 aliphatic rings. The molecule has 3 rings (SSSR count). The topological polar surface area (TPSA) is 71.3 Å². The summed E-state index contributed by atoms with van der Waals surface area (Å²) in [6.45, 7) is 3.96. The van der Waals surface area contributed by atoms with Crippen LogP contribution in [0.1, 0.15) is 31.6 Å². The first-order valence-corrected chi connectivity index (χ1v) is 7.69. The van der Waals surface area contributed by atoms with Gasteiger partial charge >= 0.3 is 6.03 Å². The van der Waals surface area contributed by atoms with Crippen molar-refractivity contribution in [1.82, 2.24) is 20.4 Å². The number of urea groups is 1. The van der Waals surface area contributed by atoms with Gasteiger partial charge < -0.3 is 14.7 Å². The van der Waals surface area contributed by atoms with E-state index < -0.39 is 0 Å². The molecular weight excluding hydrogens is 280 g/mol. The van der Waals surface area contributed by atoms with Gasteiger partial charge in [-0.05, 0) is 19.8 Å². The molecular formula is C16H20N4O2. The minimum absolute atomic E-state index is 0.0185. The Hall–Kier alpha value is -2.37. The van der Waals surface area contributed by atoms with Crippen LogP contribution in [0.3, 0.4) is 0 Å². The van der Waals surface area contributed by atoms with Gasteiger partial charge in [0.2, 0.25) is 11.7 Å². The maximum atomic E-state index is 11.9. The maximum Gasteiger partial charge on any atom is 0.317 e. The number of likely N-dealkylation sites (tertiary alicyclic amines) is 1. The summed E-state index contributed by atoms with van der Waals surface area (Å²) in [5, 5.41) is 6.90.